The number of hydrogen-bond acceptors (Lipinski definition) is 1. The van der Waals surface area contributed by atoms with E-state index in [2.05, 4.69) is 19.1 Å². The molecule has 3 aromatic carbocycles. The first-order chi connectivity index (χ1) is 13.2. The third kappa shape index (κ3) is 5.27. The first-order valence-corrected chi connectivity index (χ1v) is 9.33. The van der Waals surface area contributed by atoms with Gasteiger partial charge in [0.05, 0.1) is 6.42 Å². The minimum Gasteiger partial charge on any atom is -0.312 e. The summed E-state index contributed by atoms with van der Waals surface area (Å²) in [7, 11) is 0. The molecule has 2 nitrogen and oxygen atoms in total. The third-order valence-electron chi connectivity index (χ3n) is 4.69. The van der Waals surface area contributed by atoms with Crippen molar-refractivity contribution in [3.05, 3.63) is 101 Å². The van der Waals surface area contributed by atoms with E-state index in [1.54, 1.807) is 12.1 Å². The highest BCUT2D eigenvalue weighted by molar-refractivity contribution is 5.94. The zero-order chi connectivity index (χ0) is 19.1. The van der Waals surface area contributed by atoms with Crippen LogP contribution in [0.3, 0.4) is 0 Å². The van der Waals surface area contributed by atoms with E-state index < -0.39 is 0 Å². The highest BCUT2D eigenvalue weighted by atomic mass is 19.1. The van der Waals surface area contributed by atoms with Crippen LogP contribution in [0, 0.1) is 5.82 Å². The molecule has 0 spiro atoms. The number of aryl methyl sites for hydroxylation is 1. The number of carbonyl (C=O) groups excluding carboxylic acids is 1. The van der Waals surface area contributed by atoms with E-state index in [0.29, 0.717) is 19.4 Å². The zero-order valence-electron chi connectivity index (χ0n) is 15.6. The zero-order valence-corrected chi connectivity index (χ0v) is 15.6. The molecule has 138 valence electrons. The van der Waals surface area contributed by atoms with Crippen LogP contribution in [-0.2, 0) is 24.1 Å². The topological polar surface area (TPSA) is 20.3 Å². The van der Waals surface area contributed by atoms with E-state index >= 15 is 0 Å². The molecule has 0 radical (unpaired) electrons. The SMILES string of the molecule is CCc1ccc(N(CCc2ccc(F)cc2)C(=O)Cc2ccccc2)cc1. The number of rotatable bonds is 7. The summed E-state index contributed by atoms with van der Waals surface area (Å²) in [6, 6.07) is 24.4. The van der Waals surface area contributed by atoms with Crippen LogP contribution < -0.4 is 4.90 Å². The molecule has 0 aliphatic heterocycles. The van der Waals surface area contributed by atoms with Gasteiger partial charge in [0.2, 0.25) is 5.91 Å². The highest BCUT2D eigenvalue weighted by Gasteiger charge is 2.16. The van der Waals surface area contributed by atoms with Crippen LogP contribution in [0.15, 0.2) is 78.9 Å². The van der Waals surface area contributed by atoms with Gasteiger partial charge in [0.25, 0.3) is 0 Å². The molecule has 0 aromatic heterocycles. The number of carbonyl (C=O) groups is 1. The maximum Gasteiger partial charge on any atom is 0.231 e. The van der Waals surface area contributed by atoms with E-state index in [0.717, 1.165) is 23.2 Å². The molecule has 1 amide bonds. The lowest BCUT2D eigenvalue weighted by Crippen LogP contribution is -2.34. The van der Waals surface area contributed by atoms with Gasteiger partial charge in [-0.1, -0.05) is 61.5 Å². The van der Waals surface area contributed by atoms with Crippen molar-refractivity contribution in [1.82, 2.24) is 0 Å². The van der Waals surface area contributed by atoms with Crippen LogP contribution in [0.4, 0.5) is 10.1 Å². The summed E-state index contributed by atoms with van der Waals surface area (Å²) in [6.45, 7) is 2.67. The van der Waals surface area contributed by atoms with Gasteiger partial charge in [-0.3, -0.25) is 4.79 Å². The summed E-state index contributed by atoms with van der Waals surface area (Å²) in [4.78, 5) is 14.8. The molecule has 0 heterocycles. The van der Waals surface area contributed by atoms with Crippen molar-refractivity contribution in [3.8, 4) is 0 Å². The minimum atomic E-state index is -0.245. The van der Waals surface area contributed by atoms with Crippen molar-refractivity contribution in [3.63, 3.8) is 0 Å². The molecular formula is C24H24FNO. The van der Waals surface area contributed by atoms with Crippen molar-refractivity contribution in [2.45, 2.75) is 26.2 Å². The Morgan fingerprint density at radius 1 is 0.815 bits per heavy atom. The molecule has 0 N–H and O–H groups in total. The molecule has 0 unspecified atom stereocenters. The average Bonchev–Trinajstić information content (AvgIpc) is 2.71. The lowest BCUT2D eigenvalue weighted by atomic mass is 10.1. The average molecular weight is 361 g/mol. The van der Waals surface area contributed by atoms with E-state index in [-0.39, 0.29) is 11.7 Å². The predicted octanol–water partition coefficient (Wildman–Crippen LogP) is 5.21. The summed E-state index contributed by atoms with van der Waals surface area (Å²) >= 11 is 0. The quantitative estimate of drug-likeness (QED) is 0.566. The number of nitrogens with zero attached hydrogens (tertiary/aromatic N) is 1. The fourth-order valence-corrected chi connectivity index (χ4v) is 3.07. The Balaban J connectivity index is 1.78. The fourth-order valence-electron chi connectivity index (χ4n) is 3.07. The van der Waals surface area contributed by atoms with Crippen LogP contribution in [0.2, 0.25) is 0 Å². The first-order valence-electron chi connectivity index (χ1n) is 9.33. The van der Waals surface area contributed by atoms with Gasteiger partial charge in [-0.05, 0) is 53.8 Å². The van der Waals surface area contributed by atoms with Crippen LogP contribution in [0.1, 0.15) is 23.6 Å². The molecule has 0 saturated carbocycles. The fraction of sp³-hybridized carbons (Fsp3) is 0.208. The Morgan fingerprint density at radius 2 is 1.44 bits per heavy atom. The molecular weight excluding hydrogens is 337 g/mol. The van der Waals surface area contributed by atoms with Crippen molar-refractivity contribution in [2.24, 2.45) is 0 Å². The Hall–Kier alpha value is -2.94. The lowest BCUT2D eigenvalue weighted by molar-refractivity contribution is -0.118. The van der Waals surface area contributed by atoms with Gasteiger partial charge in [0.1, 0.15) is 5.82 Å². The molecule has 0 aliphatic rings. The first kappa shape index (κ1) is 18.8. The monoisotopic (exact) mass is 361 g/mol. The smallest absolute Gasteiger partial charge is 0.231 e. The number of anilines is 1. The van der Waals surface area contributed by atoms with Gasteiger partial charge in [-0.15, -0.1) is 0 Å². The maximum absolute atomic E-state index is 13.1. The van der Waals surface area contributed by atoms with Crippen LogP contribution in [0.25, 0.3) is 0 Å². The molecule has 0 atom stereocenters. The predicted molar refractivity (Wildman–Crippen MR) is 108 cm³/mol. The van der Waals surface area contributed by atoms with Gasteiger partial charge in [0.15, 0.2) is 0 Å². The molecule has 3 rings (SSSR count). The molecule has 0 bridgehead atoms. The summed E-state index contributed by atoms with van der Waals surface area (Å²) in [5.74, 6) is -0.182. The second-order valence-electron chi connectivity index (χ2n) is 6.60. The Bertz CT molecular complexity index is 857. The second-order valence-corrected chi connectivity index (χ2v) is 6.60. The number of hydrogen-bond donors (Lipinski definition) is 0. The molecule has 27 heavy (non-hydrogen) atoms. The molecule has 3 aromatic rings. The van der Waals surface area contributed by atoms with Gasteiger partial charge >= 0.3 is 0 Å². The summed E-state index contributed by atoms with van der Waals surface area (Å²) in [5, 5.41) is 0. The minimum absolute atomic E-state index is 0.0626. The van der Waals surface area contributed by atoms with Crippen molar-refractivity contribution in [1.29, 1.82) is 0 Å². The number of amides is 1. The summed E-state index contributed by atoms with van der Waals surface area (Å²) in [5.41, 5.74) is 4.15. The van der Waals surface area contributed by atoms with Gasteiger partial charge in [0, 0.05) is 12.2 Å². The van der Waals surface area contributed by atoms with Crippen LogP contribution in [0.5, 0.6) is 0 Å². The molecule has 3 heteroatoms. The largest absolute Gasteiger partial charge is 0.312 e. The molecule has 0 aliphatic carbocycles. The number of benzene rings is 3. The highest BCUT2D eigenvalue weighted by Crippen LogP contribution is 2.18. The molecule has 0 saturated heterocycles. The Kier molecular flexibility index (Phi) is 6.37. The summed E-state index contributed by atoms with van der Waals surface area (Å²) in [6.07, 6.45) is 2.00. The number of halogens is 1. The van der Waals surface area contributed by atoms with Gasteiger partial charge in [-0.2, -0.15) is 0 Å². The Morgan fingerprint density at radius 3 is 2.07 bits per heavy atom. The van der Waals surface area contributed by atoms with Gasteiger partial charge < -0.3 is 4.90 Å². The van der Waals surface area contributed by atoms with Crippen molar-refractivity contribution in [2.75, 3.05) is 11.4 Å². The van der Waals surface area contributed by atoms with E-state index in [1.807, 2.05) is 47.4 Å². The van der Waals surface area contributed by atoms with E-state index in [1.165, 1.54) is 17.7 Å². The summed E-state index contributed by atoms with van der Waals surface area (Å²) < 4.78 is 13.1. The lowest BCUT2D eigenvalue weighted by Gasteiger charge is -2.23. The van der Waals surface area contributed by atoms with Crippen LogP contribution in [-0.4, -0.2) is 12.5 Å². The normalized spacial score (nSPS) is 10.6. The second kappa shape index (κ2) is 9.13. The van der Waals surface area contributed by atoms with Crippen molar-refractivity contribution >= 4 is 11.6 Å². The van der Waals surface area contributed by atoms with Crippen LogP contribution >= 0.6 is 0 Å². The standard InChI is InChI=1S/C24H24FNO/c1-2-19-10-14-23(15-11-19)26(17-16-20-8-12-22(25)13-9-20)24(27)18-21-6-4-3-5-7-21/h3-15H,2,16-18H2,1H3. The van der Waals surface area contributed by atoms with E-state index in [9.17, 15) is 9.18 Å². The Labute approximate surface area is 160 Å². The molecule has 0 fully saturated rings. The third-order valence-corrected chi connectivity index (χ3v) is 4.69. The van der Waals surface area contributed by atoms with Gasteiger partial charge in [-0.25, -0.2) is 4.39 Å². The maximum atomic E-state index is 13.1. The van der Waals surface area contributed by atoms with Crippen molar-refractivity contribution < 1.29 is 9.18 Å². The van der Waals surface area contributed by atoms with E-state index in [4.69, 9.17) is 0 Å².